The molecule has 1 atom stereocenters. The van der Waals surface area contributed by atoms with Gasteiger partial charge < -0.3 is 15.2 Å². The molecule has 0 saturated carbocycles. The van der Waals surface area contributed by atoms with Crippen LogP contribution in [0.15, 0.2) is 28.8 Å². The Bertz CT molecular complexity index is 701. The van der Waals surface area contributed by atoms with Crippen LogP contribution in [0.3, 0.4) is 0 Å². The van der Waals surface area contributed by atoms with E-state index in [9.17, 15) is 4.39 Å². The number of fused-ring (bicyclic) bond motifs is 1. The molecule has 18 heavy (non-hydrogen) atoms. The Morgan fingerprint density at radius 2 is 2.28 bits per heavy atom. The highest BCUT2D eigenvalue weighted by molar-refractivity contribution is 5.84. The van der Waals surface area contributed by atoms with Crippen molar-refractivity contribution in [3.8, 4) is 11.6 Å². The number of aromatic amines is 1. The van der Waals surface area contributed by atoms with Crippen molar-refractivity contribution in [3.63, 3.8) is 0 Å². The molecule has 3 N–H and O–H groups in total. The Morgan fingerprint density at radius 1 is 1.44 bits per heavy atom. The van der Waals surface area contributed by atoms with Gasteiger partial charge in [-0.3, -0.25) is 0 Å². The Labute approximate surface area is 102 Å². The summed E-state index contributed by atoms with van der Waals surface area (Å²) in [6.45, 7) is 1.76. The summed E-state index contributed by atoms with van der Waals surface area (Å²) >= 11 is 0. The van der Waals surface area contributed by atoms with Gasteiger partial charge in [0, 0.05) is 10.9 Å². The molecule has 5 nitrogen and oxygen atoms in total. The molecular weight excluding hydrogens is 235 g/mol. The fourth-order valence-electron chi connectivity index (χ4n) is 1.76. The van der Waals surface area contributed by atoms with Crippen LogP contribution in [0.25, 0.3) is 22.5 Å². The summed E-state index contributed by atoms with van der Waals surface area (Å²) in [4.78, 5) is 7.18. The Hall–Kier alpha value is -2.21. The van der Waals surface area contributed by atoms with E-state index in [2.05, 4.69) is 15.1 Å². The molecule has 3 rings (SSSR count). The molecule has 0 bridgehead atoms. The third-order valence-electron chi connectivity index (χ3n) is 2.69. The number of benzene rings is 1. The number of hydrogen-bond acceptors (Lipinski definition) is 4. The molecular formula is C12H11FN4O. The second-order valence-electron chi connectivity index (χ2n) is 4.13. The van der Waals surface area contributed by atoms with E-state index in [0.29, 0.717) is 28.3 Å². The zero-order valence-corrected chi connectivity index (χ0v) is 9.64. The lowest BCUT2D eigenvalue weighted by Gasteiger charge is -1.92. The molecule has 2 aromatic heterocycles. The number of nitrogens with one attached hydrogen (secondary N) is 1. The molecule has 0 fully saturated rings. The quantitative estimate of drug-likeness (QED) is 0.727. The fourth-order valence-corrected chi connectivity index (χ4v) is 1.76. The van der Waals surface area contributed by atoms with Crippen LogP contribution in [-0.2, 0) is 0 Å². The van der Waals surface area contributed by atoms with E-state index in [4.69, 9.17) is 10.3 Å². The molecule has 0 radical (unpaired) electrons. The van der Waals surface area contributed by atoms with Crippen molar-refractivity contribution in [2.45, 2.75) is 13.0 Å². The van der Waals surface area contributed by atoms with Crippen molar-refractivity contribution in [2.24, 2.45) is 5.73 Å². The minimum Gasteiger partial charge on any atom is -0.350 e. The molecule has 1 aromatic carbocycles. The summed E-state index contributed by atoms with van der Waals surface area (Å²) in [5.41, 5.74) is 6.91. The van der Waals surface area contributed by atoms with Gasteiger partial charge >= 0.3 is 0 Å². The smallest absolute Gasteiger partial charge is 0.274 e. The standard InChI is InChI=1S/C12H11FN4O/c1-6(14)11-16-12(18-17-11)10-5-7-8(13)3-2-4-9(7)15-10/h2-6,15H,14H2,1H3/t6-/m0/s1. The second kappa shape index (κ2) is 3.92. The van der Waals surface area contributed by atoms with Gasteiger partial charge in [-0.2, -0.15) is 4.98 Å². The highest BCUT2D eigenvalue weighted by Crippen LogP contribution is 2.25. The number of nitrogens with two attached hydrogens (primary N) is 1. The van der Waals surface area contributed by atoms with E-state index in [1.54, 1.807) is 25.1 Å². The molecule has 6 heteroatoms. The third-order valence-corrected chi connectivity index (χ3v) is 2.69. The Kier molecular flexibility index (Phi) is 2.38. The van der Waals surface area contributed by atoms with Crippen LogP contribution in [0.5, 0.6) is 0 Å². The highest BCUT2D eigenvalue weighted by atomic mass is 19.1. The van der Waals surface area contributed by atoms with Crippen LogP contribution in [0.4, 0.5) is 4.39 Å². The minimum absolute atomic E-state index is 0.290. The van der Waals surface area contributed by atoms with E-state index in [0.717, 1.165) is 0 Å². The average molecular weight is 246 g/mol. The van der Waals surface area contributed by atoms with E-state index in [1.807, 2.05) is 0 Å². The van der Waals surface area contributed by atoms with E-state index < -0.39 is 0 Å². The molecule has 0 aliphatic rings. The molecule has 0 aliphatic heterocycles. The predicted molar refractivity (Wildman–Crippen MR) is 64.2 cm³/mol. The van der Waals surface area contributed by atoms with Gasteiger partial charge in [0.15, 0.2) is 5.82 Å². The van der Waals surface area contributed by atoms with Crippen LogP contribution in [0, 0.1) is 5.82 Å². The van der Waals surface area contributed by atoms with Crippen LogP contribution in [-0.4, -0.2) is 15.1 Å². The molecule has 92 valence electrons. The van der Waals surface area contributed by atoms with Crippen molar-refractivity contribution in [2.75, 3.05) is 0 Å². The van der Waals surface area contributed by atoms with E-state index in [1.165, 1.54) is 6.07 Å². The van der Waals surface area contributed by atoms with Crippen molar-refractivity contribution in [1.82, 2.24) is 15.1 Å². The van der Waals surface area contributed by atoms with E-state index in [-0.39, 0.29) is 11.9 Å². The number of rotatable bonds is 2. The summed E-state index contributed by atoms with van der Waals surface area (Å²) in [5.74, 6) is 0.434. The van der Waals surface area contributed by atoms with Crippen LogP contribution < -0.4 is 5.73 Å². The number of halogens is 1. The van der Waals surface area contributed by atoms with Gasteiger partial charge in [-0.05, 0) is 25.1 Å². The molecule has 0 saturated heterocycles. The maximum Gasteiger partial charge on any atom is 0.274 e. The number of hydrogen-bond donors (Lipinski definition) is 2. The summed E-state index contributed by atoms with van der Waals surface area (Å²) in [6.07, 6.45) is 0. The summed E-state index contributed by atoms with van der Waals surface area (Å²) in [7, 11) is 0. The molecule has 2 heterocycles. The largest absolute Gasteiger partial charge is 0.350 e. The zero-order chi connectivity index (χ0) is 12.7. The van der Waals surface area contributed by atoms with Gasteiger partial charge in [0.1, 0.15) is 11.5 Å². The van der Waals surface area contributed by atoms with Crippen molar-refractivity contribution >= 4 is 10.9 Å². The highest BCUT2D eigenvalue weighted by Gasteiger charge is 2.14. The van der Waals surface area contributed by atoms with Gasteiger partial charge in [-0.1, -0.05) is 11.2 Å². The lowest BCUT2D eigenvalue weighted by atomic mass is 10.2. The first-order valence-electron chi connectivity index (χ1n) is 5.52. The SMILES string of the molecule is C[C@H](N)c1noc(-c2cc3c(F)cccc3[nH]2)n1. The van der Waals surface area contributed by atoms with Gasteiger partial charge in [-0.25, -0.2) is 4.39 Å². The van der Waals surface area contributed by atoms with Crippen LogP contribution >= 0.6 is 0 Å². The lowest BCUT2D eigenvalue weighted by molar-refractivity contribution is 0.417. The van der Waals surface area contributed by atoms with Crippen molar-refractivity contribution < 1.29 is 8.91 Å². The van der Waals surface area contributed by atoms with E-state index >= 15 is 0 Å². The Balaban J connectivity index is 2.10. The number of aromatic nitrogens is 3. The average Bonchev–Trinajstić information content (AvgIpc) is 2.95. The summed E-state index contributed by atoms with van der Waals surface area (Å²) in [6, 6.07) is 6.16. The summed E-state index contributed by atoms with van der Waals surface area (Å²) < 4.78 is 18.6. The minimum atomic E-state index is -0.302. The van der Waals surface area contributed by atoms with Crippen molar-refractivity contribution in [3.05, 3.63) is 35.9 Å². The van der Waals surface area contributed by atoms with Crippen LogP contribution in [0.1, 0.15) is 18.8 Å². The molecule has 0 unspecified atom stereocenters. The fraction of sp³-hybridized carbons (Fsp3) is 0.167. The first kappa shape index (κ1) is 10.9. The van der Waals surface area contributed by atoms with Gasteiger partial charge in [0.2, 0.25) is 0 Å². The van der Waals surface area contributed by atoms with Crippen molar-refractivity contribution in [1.29, 1.82) is 0 Å². The second-order valence-corrected chi connectivity index (χ2v) is 4.13. The predicted octanol–water partition coefficient (Wildman–Crippen LogP) is 2.38. The van der Waals surface area contributed by atoms with Gasteiger partial charge in [0.05, 0.1) is 6.04 Å². The maximum atomic E-state index is 13.5. The zero-order valence-electron chi connectivity index (χ0n) is 9.64. The molecule has 0 aliphatic carbocycles. The summed E-state index contributed by atoms with van der Waals surface area (Å²) in [5, 5.41) is 4.25. The monoisotopic (exact) mass is 246 g/mol. The molecule has 0 spiro atoms. The maximum absolute atomic E-state index is 13.5. The topological polar surface area (TPSA) is 80.7 Å². The number of H-pyrrole nitrogens is 1. The lowest BCUT2D eigenvalue weighted by Crippen LogP contribution is -2.06. The third kappa shape index (κ3) is 1.67. The van der Waals surface area contributed by atoms with Gasteiger partial charge in [-0.15, -0.1) is 0 Å². The van der Waals surface area contributed by atoms with Crippen LogP contribution in [0.2, 0.25) is 0 Å². The Morgan fingerprint density at radius 3 is 2.94 bits per heavy atom. The van der Waals surface area contributed by atoms with Gasteiger partial charge in [0.25, 0.3) is 5.89 Å². The first-order valence-corrected chi connectivity index (χ1v) is 5.52. The first-order chi connectivity index (χ1) is 8.65. The normalized spacial score (nSPS) is 13.1. The molecule has 0 amide bonds. The molecule has 3 aromatic rings. The number of nitrogens with zero attached hydrogens (tertiary/aromatic N) is 2.